The van der Waals surface area contributed by atoms with Crippen molar-refractivity contribution in [2.75, 3.05) is 13.1 Å². The molecule has 1 aromatic carbocycles. The Hall–Kier alpha value is -2.69. The van der Waals surface area contributed by atoms with E-state index in [0.717, 1.165) is 43.2 Å². The van der Waals surface area contributed by atoms with Gasteiger partial charge >= 0.3 is 0 Å². The number of pyridine rings is 1. The van der Waals surface area contributed by atoms with Crippen molar-refractivity contribution in [1.82, 2.24) is 9.88 Å². The molecule has 5 heteroatoms. The van der Waals surface area contributed by atoms with E-state index in [0.29, 0.717) is 23.7 Å². The molecule has 1 aliphatic heterocycles. The standard InChI is InChI=1S/C19H20N2O3/c1-2-14-4-3-8-20-19(14)24-17-5-6-18(16(10-17)12-22)15-7-9-21(11-15)13-23/h3-6,8,10,12-13,15H,2,7,9,11H2,1H3. The molecule has 24 heavy (non-hydrogen) atoms. The van der Waals surface area contributed by atoms with Gasteiger partial charge in [-0.2, -0.15) is 0 Å². The van der Waals surface area contributed by atoms with Crippen LogP contribution in [0.3, 0.4) is 0 Å². The van der Waals surface area contributed by atoms with Crippen LogP contribution in [-0.4, -0.2) is 35.7 Å². The minimum Gasteiger partial charge on any atom is -0.439 e. The summed E-state index contributed by atoms with van der Waals surface area (Å²) in [6.07, 6.45) is 5.11. The van der Waals surface area contributed by atoms with Gasteiger partial charge in [0.15, 0.2) is 0 Å². The van der Waals surface area contributed by atoms with Crippen molar-refractivity contribution in [3.63, 3.8) is 0 Å². The molecule has 0 spiro atoms. The quantitative estimate of drug-likeness (QED) is 0.766. The van der Waals surface area contributed by atoms with Crippen molar-refractivity contribution in [1.29, 1.82) is 0 Å². The van der Waals surface area contributed by atoms with E-state index in [1.807, 2.05) is 31.2 Å². The number of rotatable bonds is 6. The number of ether oxygens (including phenoxy) is 1. The van der Waals surface area contributed by atoms with Gasteiger partial charge in [-0.25, -0.2) is 4.98 Å². The molecule has 0 N–H and O–H groups in total. The maximum absolute atomic E-state index is 11.5. The molecule has 1 fully saturated rings. The molecule has 2 heterocycles. The number of likely N-dealkylation sites (tertiary alicyclic amines) is 1. The first-order chi connectivity index (χ1) is 11.7. The average Bonchev–Trinajstić information content (AvgIpc) is 3.11. The van der Waals surface area contributed by atoms with Crippen LogP contribution in [0.1, 0.15) is 40.7 Å². The summed E-state index contributed by atoms with van der Waals surface area (Å²) in [6, 6.07) is 9.39. The van der Waals surface area contributed by atoms with E-state index in [1.165, 1.54) is 0 Å². The van der Waals surface area contributed by atoms with Crippen LogP contribution in [0, 0.1) is 0 Å². The SMILES string of the molecule is CCc1cccnc1Oc1ccc(C2CCN(C=O)C2)c(C=O)c1. The van der Waals surface area contributed by atoms with Gasteiger partial charge in [0.2, 0.25) is 12.3 Å². The van der Waals surface area contributed by atoms with Crippen LogP contribution in [0.5, 0.6) is 11.6 Å². The smallest absolute Gasteiger partial charge is 0.222 e. The van der Waals surface area contributed by atoms with Gasteiger partial charge in [-0.3, -0.25) is 9.59 Å². The second-order valence-corrected chi connectivity index (χ2v) is 5.92. The normalized spacial score (nSPS) is 16.9. The summed E-state index contributed by atoms with van der Waals surface area (Å²) in [5.74, 6) is 1.36. The highest BCUT2D eigenvalue weighted by Crippen LogP contribution is 2.32. The number of benzene rings is 1. The molecule has 0 saturated carbocycles. The largest absolute Gasteiger partial charge is 0.439 e. The Balaban J connectivity index is 1.84. The monoisotopic (exact) mass is 324 g/mol. The first-order valence-corrected chi connectivity index (χ1v) is 8.15. The molecular weight excluding hydrogens is 304 g/mol. The highest BCUT2D eigenvalue weighted by molar-refractivity contribution is 5.78. The number of aromatic nitrogens is 1. The molecule has 5 nitrogen and oxygen atoms in total. The molecule has 1 atom stereocenters. The molecule has 1 aromatic heterocycles. The van der Waals surface area contributed by atoms with Crippen LogP contribution in [0.2, 0.25) is 0 Å². The fraction of sp³-hybridized carbons (Fsp3) is 0.316. The zero-order chi connectivity index (χ0) is 16.9. The van der Waals surface area contributed by atoms with Gasteiger partial charge in [0, 0.05) is 36.3 Å². The molecule has 2 aromatic rings. The fourth-order valence-electron chi connectivity index (χ4n) is 3.12. The second kappa shape index (κ2) is 7.25. The van der Waals surface area contributed by atoms with Gasteiger partial charge in [-0.1, -0.05) is 19.1 Å². The van der Waals surface area contributed by atoms with Crippen LogP contribution in [0.25, 0.3) is 0 Å². The van der Waals surface area contributed by atoms with Crippen molar-refractivity contribution in [2.24, 2.45) is 0 Å². The van der Waals surface area contributed by atoms with E-state index in [-0.39, 0.29) is 5.92 Å². The lowest BCUT2D eigenvalue weighted by Crippen LogP contribution is -2.17. The van der Waals surface area contributed by atoms with Crippen LogP contribution >= 0.6 is 0 Å². The first kappa shape index (κ1) is 16.2. The molecule has 1 amide bonds. The zero-order valence-corrected chi connectivity index (χ0v) is 13.6. The molecule has 3 rings (SSSR count). The minimum atomic E-state index is 0.200. The van der Waals surface area contributed by atoms with Crippen LogP contribution < -0.4 is 4.74 Å². The minimum absolute atomic E-state index is 0.200. The summed E-state index contributed by atoms with van der Waals surface area (Å²) in [5.41, 5.74) is 2.60. The van der Waals surface area contributed by atoms with Crippen molar-refractivity contribution < 1.29 is 14.3 Å². The third-order valence-electron chi connectivity index (χ3n) is 4.44. The van der Waals surface area contributed by atoms with Gasteiger partial charge in [0.05, 0.1) is 0 Å². The molecular formula is C19H20N2O3. The van der Waals surface area contributed by atoms with Gasteiger partial charge < -0.3 is 9.64 Å². The molecule has 1 aliphatic rings. The Morgan fingerprint density at radius 1 is 1.33 bits per heavy atom. The average molecular weight is 324 g/mol. The van der Waals surface area contributed by atoms with Crippen molar-refractivity contribution >= 4 is 12.7 Å². The summed E-state index contributed by atoms with van der Waals surface area (Å²) >= 11 is 0. The number of amides is 1. The Morgan fingerprint density at radius 3 is 2.92 bits per heavy atom. The summed E-state index contributed by atoms with van der Waals surface area (Å²) in [4.78, 5) is 28.4. The number of carbonyl (C=O) groups is 2. The van der Waals surface area contributed by atoms with Crippen molar-refractivity contribution in [2.45, 2.75) is 25.7 Å². The number of hydrogen-bond donors (Lipinski definition) is 0. The third-order valence-corrected chi connectivity index (χ3v) is 4.44. The summed E-state index contributed by atoms with van der Waals surface area (Å²) in [5, 5.41) is 0. The van der Waals surface area contributed by atoms with Gasteiger partial charge in [0.25, 0.3) is 0 Å². The third kappa shape index (κ3) is 3.30. The maximum Gasteiger partial charge on any atom is 0.222 e. The predicted molar refractivity (Wildman–Crippen MR) is 90.5 cm³/mol. The fourth-order valence-corrected chi connectivity index (χ4v) is 3.12. The van der Waals surface area contributed by atoms with E-state index in [4.69, 9.17) is 4.74 Å². The number of nitrogens with zero attached hydrogens (tertiary/aromatic N) is 2. The van der Waals surface area contributed by atoms with Crippen LogP contribution in [0.4, 0.5) is 0 Å². The van der Waals surface area contributed by atoms with Gasteiger partial charge in [-0.05, 0) is 36.6 Å². The Bertz CT molecular complexity index is 745. The number of carbonyl (C=O) groups excluding carboxylic acids is 2. The lowest BCUT2D eigenvalue weighted by atomic mass is 9.94. The Morgan fingerprint density at radius 2 is 2.21 bits per heavy atom. The lowest BCUT2D eigenvalue weighted by Gasteiger charge is -2.15. The number of aryl methyl sites for hydroxylation is 1. The number of hydrogen-bond acceptors (Lipinski definition) is 4. The van der Waals surface area contributed by atoms with E-state index in [1.54, 1.807) is 17.2 Å². The van der Waals surface area contributed by atoms with Crippen LogP contribution in [-0.2, 0) is 11.2 Å². The van der Waals surface area contributed by atoms with Gasteiger partial charge in [0.1, 0.15) is 12.0 Å². The summed E-state index contributed by atoms with van der Waals surface area (Å²) in [7, 11) is 0. The van der Waals surface area contributed by atoms with E-state index < -0.39 is 0 Å². The van der Waals surface area contributed by atoms with Crippen molar-refractivity contribution in [3.05, 3.63) is 53.2 Å². The van der Waals surface area contributed by atoms with E-state index in [2.05, 4.69) is 4.98 Å². The molecule has 0 bridgehead atoms. The summed E-state index contributed by atoms with van der Waals surface area (Å²) < 4.78 is 5.87. The summed E-state index contributed by atoms with van der Waals surface area (Å²) in [6.45, 7) is 3.44. The molecule has 1 saturated heterocycles. The Labute approximate surface area is 141 Å². The maximum atomic E-state index is 11.5. The number of aldehydes is 1. The second-order valence-electron chi connectivity index (χ2n) is 5.92. The highest BCUT2D eigenvalue weighted by atomic mass is 16.5. The van der Waals surface area contributed by atoms with E-state index in [9.17, 15) is 9.59 Å². The van der Waals surface area contributed by atoms with Crippen LogP contribution in [0.15, 0.2) is 36.5 Å². The van der Waals surface area contributed by atoms with Crippen molar-refractivity contribution in [3.8, 4) is 11.6 Å². The molecule has 0 radical (unpaired) electrons. The molecule has 0 aliphatic carbocycles. The van der Waals surface area contributed by atoms with Gasteiger partial charge in [-0.15, -0.1) is 0 Å². The molecule has 1 unspecified atom stereocenters. The highest BCUT2D eigenvalue weighted by Gasteiger charge is 2.25. The lowest BCUT2D eigenvalue weighted by molar-refractivity contribution is -0.117. The van der Waals surface area contributed by atoms with E-state index >= 15 is 0 Å². The Kier molecular flexibility index (Phi) is 4.89. The zero-order valence-electron chi connectivity index (χ0n) is 13.6. The molecule has 124 valence electrons. The predicted octanol–water partition coefficient (Wildman–Crippen LogP) is 3.19. The topological polar surface area (TPSA) is 59.5 Å². The first-order valence-electron chi connectivity index (χ1n) is 8.15.